The fourth-order valence-corrected chi connectivity index (χ4v) is 4.11. The first kappa shape index (κ1) is 19.1. The molecule has 1 aliphatic rings. The number of ether oxygens (including phenoxy) is 1. The van der Waals surface area contributed by atoms with Gasteiger partial charge in [0, 0.05) is 24.5 Å². The molecule has 1 aliphatic heterocycles. The van der Waals surface area contributed by atoms with Crippen molar-refractivity contribution in [3.63, 3.8) is 0 Å². The number of allylic oxidation sites excluding steroid dienone is 1. The van der Waals surface area contributed by atoms with Crippen molar-refractivity contribution < 1.29 is 9.53 Å². The zero-order valence-corrected chi connectivity index (χ0v) is 17.3. The number of rotatable bonds is 5. The number of benzene rings is 2. The first-order chi connectivity index (χ1) is 14.1. The SMILES string of the molecule is CCN(CC)c1ccc([C@@H]2C(C(=O)OC)=C(C)Nc3nc4ccccc4n32)cc1. The van der Waals surface area contributed by atoms with E-state index in [0.717, 1.165) is 41.3 Å². The number of nitrogens with zero attached hydrogens (tertiary/aromatic N) is 3. The second-order valence-electron chi connectivity index (χ2n) is 7.12. The van der Waals surface area contributed by atoms with Crippen LogP contribution in [0.15, 0.2) is 59.8 Å². The Morgan fingerprint density at radius 2 is 1.83 bits per heavy atom. The summed E-state index contributed by atoms with van der Waals surface area (Å²) in [4.78, 5) is 19.8. The molecule has 2 aromatic carbocycles. The van der Waals surface area contributed by atoms with E-state index in [1.165, 1.54) is 12.8 Å². The molecule has 0 spiro atoms. The van der Waals surface area contributed by atoms with Gasteiger partial charge in [0.25, 0.3) is 0 Å². The van der Waals surface area contributed by atoms with Gasteiger partial charge in [0.2, 0.25) is 5.95 Å². The second-order valence-corrected chi connectivity index (χ2v) is 7.12. The van der Waals surface area contributed by atoms with Crippen molar-refractivity contribution in [2.75, 3.05) is 30.4 Å². The highest BCUT2D eigenvalue weighted by Crippen LogP contribution is 2.39. The standard InChI is InChI=1S/C23H26N4O2/c1-5-26(6-2)17-13-11-16(12-14-17)21-20(22(28)29-4)15(3)24-23-25-18-9-7-8-10-19(18)27(21)23/h7-14,21H,5-6H2,1-4H3,(H,24,25)/t21-/m1/s1. The number of carbonyl (C=O) groups excluding carboxylic acids is 1. The highest BCUT2D eigenvalue weighted by molar-refractivity contribution is 5.94. The summed E-state index contributed by atoms with van der Waals surface area (Å²) >= 11 is 0. The molecule has 0 saturated carbocycles. The zero-order valence-electron chi connectivity index (χ0n) is 17.3. The van der Waals surface area contributed by atoms with Crippen LogP contribution >= 0.6 is 0 Å². The van der Waals surface area contributed by atoms with Gasteiger partial charge in [0.05, 0.1) is 29.8 Å². The van der Waals surface area contributed by atoms with Crippen molar-refractivity contribution in [3.8, 4) is 0 Å². The molecular weight excluding hydrogens is 364 g/mol. The third-order valence-electron chi connectivity index (χ3n) is 5.57. The van der Waals surface area contributed by atoms with Crippen molar-refractivity contribution in [1.82, 2.24) is 9.55 Å². The number of imidazole rings is 1. The lowest BCUT2D eigenvalue weighted by Crippen LogP contribution is -2.28. The molecule has 4 rings (SSSR count). The van der Waals surface area contributed by atoms with E-state index in [2.05, 4.69) is 52.9 Å². The summed E-state index contributed by atoms with van der Waals surface area (Å²) in [5, 5.41) is 3.28. The number of fused-ring (bicyclic) bond motifs is 3. The Balaban J connectivity index is 1.89. The number of aromatic nitrogens is 2. The monoisotopic (exact) mass is 390 g/mol. The zero-order chi connectivity index (χ0) is 20.5. The van der Waals surface area contributed by atoms with Crippen LogP contribution in [0.4, 0.5) is 11.6 Å². The topological polar surface area (TPSA) is 59.4 Å². The fraction of sp³-hybridized carbons (Fsp3) is 0.304. The van der Waals surface area contributed by atoms with E-state index in [1.54, 1.807) is 0 Å². The van der Waals surface area contributed by atoms with Crippen molar-refractivity contribution in [2.24, 2.45) is 0 Å². The van der Waals surface area contributed by atoms with Gasteiger partial charge in [-0.25, -0.2) is 9.78 Å². The summed E-state index contributed by atoms with van der Waals surface area (Å²) in [6.45, 7) is 8.09. The maximum atomic E-state index is 12.7. The van der Waals surface area contributed by atoms with E-state index < -0.39 is 0 Å². The highest BCUT2D eigenvalue weighted by atomic mass is 16.5. The lowest BCUT2D eigenvalue weighted by atomic mass is 9.94. The summed E-state index contributed by atoms with van der Waals surface area (Å²) in [6.07, 6.45) is 0. The number of anilines is 2. The van der Waals surface area contributed by atoms with Crippen LogP contribution in [0, 0.1) is 0 Å². The summed E-state index contributed by atoms with van der Waals surface area (Å²) in [7, 11) is 1.42. The van der Waals surface area contributed by atoms with Crippen molar-refractivity contribution in [3.05, 3.63) is 65.4 Å². The van der Waals surface area contributed by atoms with Crippen LogP contribution < -0.4 is 10.2 Å². The van der Waals surface area contributed by atoms with E-state index in [9.17, 15) is 4.79 Å². The predicted octanol–water partition coefficient (Wildman–Crippen LogP) is 4.34. The molecule has 2 heterocycles. The number of esters is 1. The normalized spacial score (nSPS) is 15.8. The predicted molar refractivity (Wildman–Crippen MR) is 116 cm³/mol. The van der Waals surface area contributed by atoms with Crippen LogP contribution in [0.2, 0.25) is 0 Å². The minimum absolute atomic E-state index is 0.308. The van der Waals surface area contributed by atoms with Gasteiger partial charge in [-0.3, -0.25) is 4.57 Å². The number of nitrogens with one attached hydrogen (secondary N) is 1. The molecule has 0 radical (unpaired) electrons. The Labute approximate surface area is 170 Å². The molecule has 29 heavy (non-hydrogen) atoms. The quantitative estimate of drug-likeness (QED) is 0.657. The lowest BCUT2D eigenvalue weighted by molar-refractivity contribution is -0.136. The average Bonchev–Trinajstić information content (AvgIpc) is 3.11. The molecule has 1 aromatic heterocycles. The molecule has 0 saturated heterocycles. The van der Waals surface area contributed by atoms with Gasteiger partial charge in [0.1, 0.15) is 0 Å². The molecule has 0 bridgehead atoms. The van der Waals surface area contributed by atoms with Gasteiger partial charge >= 0.3 is 5.97 Å². The number of carbonyl (C=O) groups is 1. The maximum absolute atomic E-state index is 12.7. The summed E-state index contributed by atoms with van der Waals surface area (Å²) in [5.41, 5.74) is 5.41. The van der Waals surface area contributed by atoms with Gasteiger partial charge in [-0.1, -0.05) is 24.3 Å². The van der Waals surface area contributed by atoms with E-state index in [-0.39, 0.29) is 12.0 Å². The Bertz CT molecular complexity index is 1080. The van der Waals surface area contributed by atoms with Crippen LogP contribution in [0.3, 0.4) is 0 Å². The first-order valence-electron chi connectivity index (χ1n) is 9.97. The van der Waals surface area contributed by atoms with Gasteiger partial charge in [-0.2, -0.15) is 0 Å². The van der Waals surface area contributed by atoms with Gasteiger partial charge in [-0.15, -0.1) is 0 Å². The molecular formula is C23H26N4O2. The van der Waals surface area contributed by atoms with E-state index >= 15 is 0 Å². The molecule has 1 atom stereocenters. The Morgan fingerprint density at radius 1 is 1.14 bits per heavy atom. The van der Waals surface area contributed by atoms with Crippen LogP contribution in [0.25, 0.3) is 11.0 Å². The van der Waals surface area contributed by atoms with Crippen molar-refractivity contribution in [1.29, 1.82) is 0 Å². The van der Waals surface area contributed by atoms with Crippen LogP contribution in [0.1, 0.15) is 32.4 Å². The fourth-order valence-electron chi connectivity index (χ4n) is 4.11. The van der Waals surface area contributed by atoms with Crippen molar-refractivity contribution >= 4 is 28.6 Å². The Kier molecular flexibility index (Phi) is 5.01. The first-order valence-corrected chi connectivity index (χ1v) is 9.97. The van der Waals surface area contributed by atoms with Crippen molar-refractivity contribution in [2.45, 2.75) is 26.8 Å². The van der Waals surface area contributed by atoms with Crippen LogP contribution in [0.5, 0.6) is 0 Å². The molecule has 6 nitrogen and oxygen atoms in total. The van der Waals surface area contributed by atoms with Gasteiger partial charge < -0.3 is 15.0 Å². The molecule has 3 aromatic rings. The second kappa shape index (κ2) is 7.62. The number of hydrogen-bond acceptors (Lipinski definition) is 5. The molecule has 0 fully saturated rings. The minimum Gasteiger partial charge on any atom is -0.466 e. The molecule has 150 valence electrons. The summed E-state index contributed by atoms with van der Waals surface area (Å²) in [6, 6.07) is 16.1. The number of methoxy groups -OCH3 is 1. The van der Waals surface area contributed by atoms with Crippen LogP contribution in [-0.2, 0) is 9.53 Å². The molecule has 0 aliphatic carbocycles. The Hall–Kier alpha value is -3.28. The summed E-state index contributed by atoms with van der Waals surface area (Å²) < 4.78 is 7.22. The van der Waals surface area contributed by atoms with E-state index in [1.807, 2.05) is 31.2 Å². The molecule has 0 amide bonds. The smallest absolute Gasteiger partial charge is 0.337 e. The minimum atomic E-state index is -0.337. The number of para-hydroxylation sites is 2. The molecule has 1 N–H and O–H groups in total. The van der Waals surface area contributed by atoms with Gasteiger partial charge in [0.15, 0.2) is 0 Å². The average molecular weight is 390 g/mol. The third kappa shape index (κ3) is 3.14. The maximum Gasteiger partial charge on any atom is 0.337 e. The van der Waals surface area contributed by atoms with Gasteiger partial charge in [-0.05, 0) is 50.6 Å². The third-order valence-corrected chi connectivity index (χ3v) is 5.57. The lowest BCUT2D eigenvalue weighted by Gasteiger charge is -2.30. The molecule has 0 unspecified atom stereocenters. The summed E-state index contributed by atoms with van der Waals surface area (Å²) in [5.74, 6) is 0.394. The highest BCUT2D eigenvalue weighted by Gasteiger charge is 2.34. The largest absolute Gasteiger partial charge is 0.466 e. The van der Waals surface area contributed by atoms with Crippen LogP contribution in [-0.4, -0.2) is 35.7 Å². The number of hydrogen-bond donors (Lipinski definition) is 1. The van der Waals surface area contributed by atoms with E-state index in [0.29, 0.717) is 5.57 Å². The molecule has 6 heteroatoms. The van der Waals surface area contributed by atoms with E-state index in [4.69, 9.17) is 9.72 Å². The Morgan fingerprint density at radius 3 is 2.48 bits per heavy atom.